The van der Waals surface area contributed by atoms with E-state index < -0.39 is 0 Å². The molecule has 3 aromatic rings. The highest BCUT2D eigenvalue weighted by Crippen LogP contribution is 2.65. The second kappa shape index (κ2) is 7.01. The van der Waals surface area contributed by atoms with Gasteiger partial charge in [0.05, 0.1) is 29.7 Å². The second-order valence-corrected chi connectivity index (χ2v) is 9.89. The summed E-state index contributed by atoms with van der Waals surface area (Å²) in [6, 6.07) is 17.8. The quantitative estimate of drug-likeness (QED) is 0.346. The Bertz CT molecular complexity index is 1440. The molecule has 2 bridgehead atoms. The van der Waals surface area contributed by atoms with E-state index in [0.717, 1.165) is 33.5 Å². The van der Waals surface area contributed by atoms with Crippen LogP contribution in [-0.4, -0.2) is 27.6 Å². The van der Waals surface area contributed by atoms with Gasteiger partial charge in [-0.2, -0.15) is 15.4 Å². The summed E-state index contributed by atoms with van der Waals surface area (Å²) in [5, 5.41) is 16.0. The monoisotopic (exact) mass is 446 g/mol. The molecule has 6 nitrogen and oxygen atoms in total. The van der Waals surface area contributed by atoms with E-state index in [1.54, 1.807) is 6.21 Å². The minimum Gasteiger partial charge on any atom is -0.342 e. The molecule has 1 saturated heterocycles. The molecule has 4 aliphatic carbocycles. The van der Waals surface area contributed by atoms with Crippen LogP contribution in [-0.2, 0) is 16.1 Å². The number of allylic oxidation sites excluding steroid dienone is 2. The summed E-state index contributed by atoms with van der Waals surface area (Å²) < 4.78 is 2.08. The molecular formula is C28H22N4O2. The van der Waals surface area contributed by atoms with Crippen LogP contribution in [0.5, 0.6) is 0 Å². The molecule has 2 heterocycles. The van der Waals surface area contributed by atoms with E-state index in [1.165, 1.54) is 0 Å². The van der Waals surface area contributed by atoms with E-state index >= 15 is 0 Å². The van der Waals surface area contributed by atoms with Crippen LogP contribution < -0.4 is 0 Å². The van der Waals surface area contributed by atoms with Crippen molar-refractivity contribution in [2.45, 2.75) is 13.0 Å². The highest BCUT2D eigenvalue weighted by atomic mass is 16.2. The topological polar surface area (TPSA) is 78.5 Å². The van der Waals surface area contributed by atoms with Gasteiger partial charge < -0.3 is 4.57 Å². The molecule has 0 N–H and O–H groups in total. The number of carbonyl (C=O) groups is 2. The standard InChI is InChI=1S/C28H22N4O2/c29-12-16-5-1-2-6-17(16)14-31-15-18(19-7-3-4-8-24(19)31)13-30-32-27(33)25-20-9-10-21(23-11-22(20)23)26(25)28(32)34/h1-10,13,15,20-23,25-26H,11,14H2. The highest BCUT2D eigenvalue weighted by Gasteiger charge is 2.67. The van der Waals surface area contributed by atoms with Crippen LogP contribution in [0, 0.1) is 46.8 Å². The Morgan fingerprint density at radius 1 is 0.971 bits per heavy atom. The zero-order valence-corrected chi connectivity index (χ0v) is 18.4. The van der Waals surface area contributed by atoms with Crippen LogP contribution in [0.25, 0.3) is 10.9 Å². The first kappa shape index (κ1) is 19.5. The number of hydrogen-bond donors (Lipinski definition) is 0. The smallest absolute Gasteiger partial charge is 0.254 e. The molecule has 0 spiro atoms. The summed E-state index contributed by atoms with van der Waals surface area (Å²) in [6.45, 7) is 0.543. The van der Waals surface area contributed by atoms with Gasteiger partial charge >= 0.3 is 0 Å². The van der Waals surface area contributed by atoms with Gasteiger partial charge in [0.15, 0.2) is 0 Å². The molecule has 2 amide bonds. The van der Waals surface area contributed by atoms with E-state index in [2.05, 4.69) is 27.9 Å². The van der Waals surface area contributed by atoms with Crippen molar-refractivity contribution in [1.29, 1.82) is 5.26 Å². The summed E-state index contributed by atoms with van der Waals surface area (Å²) in [7, 11) is 0. The Morgan fingerprint density at radius 3 is 2.38 bits per heavy atom. The molecule has 2 aromatic carbocycles. The van der Waals surface area contributed by atoms with Crippen LogP contribution in [0.15, 0.2) is 72.0 Å². The number of carbonyl (C=O) groups excluding carboxylic acids is 2. The first-order valence-electron chi connectivity index (χ1n) is 11.8. The highest BCUT2D eigenvalue weighted by molar-refractivity contribution is 6.07. The zero-order chi connectivity index (χ0) is 23.0. The Kier molecular flexibility index (Phi) is 4.02. The SMILES string of the molecule is N#Cc1ccccc1Cn1cc(C=NN2C(=O)C3C4C=CC(C5CC45)C3C2=O)c2ccccc21. The van der Waals surface area contributed by atoms with Crippen molar-refractivity contribution in [3.63, 3.8) is 0 Å². The molecule has 3 fully saturated rings. The molecule has 1 aromatic heterocycles. The molecule has 0 radical (unpaired) electrons. The lowest BCUT2D eigenvalue weighted by Gasteiger charge is -2.37. The number of fused-ring (bicyclic) bond motifs is 1. The van der Waals surface area contributed by atoms with E-state index in [4.69, 9.17) is 0 Å². The molecule has 8 rings (SSSR count). The molecule has 1 aliphatic heterocycles. The molecule has 6 unspecified atom stereocenters. The van der Waals surface area contributed by atoms with E-state index in [1.807, 2.05) is 54.7 Å². The maximum absolute atomic E-state index is 13.2. The number of rotatable bonds is 4. The summed E-state index contributed by atoms with van der Waals surface area (Å²) in [5.41, 5.74) is 3.42. The predicted molar refractivity (Wildman–Crippen MR) is 126 cm³/mol. The van der Waals surface area contributed by atoms with Gasteiger partial charge in [-0.25, -0.2) is 0 Å². The van der Waals surface area contributed by atoms with Gasteiger partial charge in [0.2, 0.25) is 0 Å². The van der Waals surface area contributed by atoms with Crippen molar-refractivity contribution in [3.8, 4) is 6.07 Å². The lowest BCUT2D eigenvalue weighted by atomic mass is 9.63. The van der Waals surface area contributed by atoms with Crippen LogP contribution in [0.1, 0.15) is 23.1 Å². The number of nitriles is 1. The summed E-state index contributed by atoms with van der Waals surface area (Å²) >= 11 is 0. The molecule has 34 heavy (non-hydrogen) atoms. The summed E-state index contributed by atoms with van der Waals surface area (Å²) in [5.74, 6) is 0.750. The molecule has 2 saturated carbocycles. The lowest BCUT2D eigenvalue weighted by Crippen LogP contribution is -2.40. The number of benzene rings is 2. The Labute approximate surface area is 196 Å². The molecule has 6 heteroatoms. The van der Waals surface area contributed by atoms with Crippen LogP contribution in [0.2, 0.25) is 0 Å². The van der Waals surface area contributed by atoms with Crippen molar-refractivity contribution in [3.05, 3.63) is 83.6 Å². The number of nitrogens with zero attached hydrogens (tertiary/aromatic N) is 4. The van der Waals surface area contributed by atoms with E-state index in [0.29, 0.717) is 23.9 Å². The number of imide groups is 1. The zero-order valence-electron chi connectivity index (χ0n) is 18.4. The summed E-state index contributed by atoms with van der Waals surface area (Å²) in [4.78, 5) is 26.5. The fourth-order valence-electron chi connectivity index (χ4n) is 6.63. The van der Waals surface area contributed by atoms with Crippen LogP contribution in [0.3, 0.4) is 0 Å². The average Bonchev–Trinajstić information content (AvgIpc) is 3.58. The normalized spacial score (nSPS) is 30.7. The molecular weight excluding hydrogens is 424 g/mol. The minimum absolute atomic E-state index is 0.150. The van der Waals surface area contributed by atoms with Crippen LogP contribution in [0.4, 0.5) is 0 Å². The van der Waals surface area contributed by atoms with Crippen molar-refractivity contribution in [2.75, 3.05) is 0 Å². The number of amides is 2. The predicted octanol–water partition coefficient (Wildman–Crippen LogP) is 3.95. The Hall–Kier alpha value is -3.98. The summed E-state index contributed by atoms with van der Waals surface area (Å²) in [6.07, 6.45) is 9.10. The van der Waals surface area contributed by atoms with Crippen molar-refractivity contribution < 1.29 is 9.59 Å². The first-order chi connectivity index (χ1) is 16.7. The Balaban J connectivity index is 1.22. The Morgan fingerprint density at radius 2 is 1.65 bits per heavy atom. The van der Waals surface area contributed by atoms with Crippen molar-refractivity contribution >= 4 is 28.9 Å². The van der Waals surface area contributed by atoms with E-state index in [-0.39, 0.29) is 35.5 Å². The second-order valence-electron chi connectivity index (χ2n) is 9.89. The number of hydrazone groups is 1. The third-order valence-corrected chi connectivity index (χ3v) is 8.25. The molecule has 6 atom stereocenters. The van der Waals surface area contributed by atoms with Gasteiger partial charge in [0.25, 0.3) is 11.8 Å². The maximum atomic E-state index is 13.2. The minimum atomic E-state index is -0.243. The first-order valence-corrected chi connectivity index (χ1v) is 11.8. The van der Waals surface area contributed by atoms with Crippen LogP contribution >= 0.6 is 0 Å². The molecule has 166 valence electrons. The number of aromatic nitrogens is 1. The number of hydrogen-bond acceptors (Lipinski definition) is 4. The van der Waals surface area contributed by atoms with Gasteiger partial charge in [0, 0.05) is 29.2 Å². The fourth-order valence-corrected chi connectivity index (χ4v) is 6.63. The van der Waals surface area contributed by atoms with E-state index in [9.17, 15) is 14.9 Å². The van der Waals surface area contributed by atoms with Gasteiger partial charge in [0.1, 0.15) is 0 Å². The van der Waals surface area contributed by atoms with Crippen molar-refractivity contribution in [1.82, 2.24) is 9.58 Å². The maximum Gasteiger partial charge on any atom is 0.254 e. The molecule has 5 aliphatic rings. The van der Waals surface area contributed by atoms with Gasteiger partial charge in [-0.1, -0.05) is 48.6 Å². The van der Waals surface area contributed by atoms with Gasteiger partial charge in [-0.15, -0.1) is 0 Å². The lowest BCUT2D eigenvalue weighted by molar-refractivity contribution is -0.140. The third kappa shape index (κ3) is 2.64. The van der Waals surface area contributed by atoms with Gasteiger partial charge in [-0.3, -0.25) is 9.59 Å². The fraction of sp³-hybridized carbons (Fsp3) is 0.286. The number of para-hydroxylation sites is 1. The van der Waals surface area contributed by atoms with Crippen molar-refractivity contribution in [2.24, 2.45) is 40.6 Å². The largest absolute Gasteiger partial charge is 0.342 e. The van der Waals surface area contributed by atoms with Gasteiger partial charge in [-0.05, 0) is 47.8 Å². The third-order valence-electron chi connectivity index (χ3n) is 8.25. The average molecular weight is 447 g/mol.